The maximum Gasteiger partial charge on any atom is 0.293 e. The monoisotopic (exact) mass is 403 g/mol. The van der Waals surface area contributed by atoms with E-state index in [1.54, 1.807) is 12.1 Å². The number of nitro groups is 1. The second kappa shape index (κ2) is 9.21. The highest BCUT2D eigenvalue weighted by molar-refractivity contribution is 5.96. The highest BCUT2D eigenvalue weighted by Crippen LogP contribution is 2.30. The van der Waals surface area contributed by atoms with Gasteiger partial charge in [-0.05, 0) is 38.8 Å². The van der Waals surface area contributed by atoms with Crippen molar-refractivity contribution in [2.75, 3.05) is 50.7 Å². The van der Waals surface area contributed by atoms with Crippen LogP contribution < -0.4 is 10.2 Å². The van der Waals surface area contributed by atoms with E-state index >= 15 is 0 Å². The molecule has 0 bridgehead atoms. The van der Waals surface area contributed by atoms with Gasteiger partial charge in [0.1, 0.15) is 5.69 Å². The summed E-state index contributed by atoms with van der Waals surface area (Å²) in [6, 6.07) is 4.88. The molecular formula is C20H29N5O4. The summed E-state index contributed by atoms with van der Waals surface area (Å²) in [6.45, 7) is 8.21. The Bertz CT molecular complexity index is 768. The van der Waals surface area contributed by atoms with Crippen LogP contribution in [-0.4, -0.2) is 78.4 Å². The largest absolute Gasteiger partial charge is 0.363 e. The normalized spacial score (nSPS) is 17.1. The molecule has 1 aromatic carbocycles. The quantitative estimate of drug-likeness (QED) is 0.521. The molecule has 9 nitrogen and oxygen atoms in total. The number of nitrogens with zero attached hydrogens (tertiary/aromatic N) is 4. The van der Waals surface area contributed by atoms with Crippen molar-refractivity contribution in [3.05, 3.63) is 33.9 Å². The van der Waals surface area contributed by atoms with Gasteiger partial charge in [0.2, 0.25) is 5.91 Å². The van der Waals surface area contributed by atoms with Crippen molar-refractivity contribution in [3.63, 3.8) is 0 Å². The number of carbonyl (C=O) groups is 2. The number of carbonyl (C=O) groups excluding carboxylic acids is 2. The van der Waals surface area contributed by atoms with Crippen LogP contribution in [0.4, 0.5) is 11.4 Å². The van der Waals surface area contributed by atoms with E-state index in [9.17, 15) is 19.7 Å². The van der Waals surface area contributed by atoms with Crippen molar-refractivity contribution < 1.29 is 14.5 Å². The fourth-order valence-corrected chi connectivity index (χ4v) is 3.59. The lowest BCUT2D eigenvalue weighted by Gasteiger charge is -2.36. The molecule has 2 aliphatic rings. The predicted molar refractivity (Wildman–Crippen MR) is 110 cm³/mol. The third kappa shape index (κ3) is 5.23. The maximum atomic E-state index is 12.3. The van der Waals surface area contributed by atoms with Gasteiger partial charge in [-0.3, -0.25) is 24.6 Å². The number of nitro benzene ring substituents is 1. The van der Waals surface area contributed by atoms with Crippen LogP contribution in [0.2, 0.25) is 0 Å². The molecule has 1 aromatic rings. The molecule has 1 aliphatic carbocycles. The lowest BCUT2D eigenvalue weighted by Crippen LogP contribution is -2.50. The standard InChI is InChI=1S/C20H29N5O4/c1-3-23(4-2)19(26)14-22-9-11-24(12-10-22)17-8-5-15(13-18(17)25(28)29)20(27)21-16-6-7-16/h5,8,13,16H,3-4,6-7,9-12,14H2,1-2H3,(H,21,27). The molecule has 0 aromatic heterocycles. The molecule has 0 radical (unpaired) electrons. The minimum Gasteiger partial charge on any atom is -0.363 e. The number of nitrogens with one attached hydrogen (secondary N) is 1. The van der Waals surface area contributed by atoms with Gasteiger partial charge >= 0.3 is 0 Å². The van der Waals surface area contributed by atoms with Crippen LogP contribution in [0.3, 0.4) is 0 Å². The molecule has 158 valence electrons. The molecule has 0 spiro atoms. The number of hydrogen-bond acceptors (Lipinski definition) is 6. The zero-order chi connectivity index (χ0) is 21.0. The molecule has 0 unspecified atom stereocenters. The van der Waals surface area contributed by atoms with Crippen LogP contribution in [0.1, 0.15) is 37.0 Å². The van der Waals surface area contributed by atoms with Gasteiger partial charge < -0.3 is 15.1 Å². The lowest BCUT2D eigenvalue weighted by atomic mass is 10.1. The van der Waals surface area contributed by atoms with Crippen molar-refractivity contribution in [3.8, 4) is 0 Å². The highest BCUT2D eigenvalue weighted by atomic mass is 16.6. The van der Waals surface area contributed by atoms with Crippen molar-refractivity contribution >= 4 is 23.2 Å². The Hall–Kier alpha value is -2.68. The fraction of sp³-hybridized carbons (Fsp3) is 0.600. The van der Waals surface area contributed by atoms with Gasteiger partial charge in [0, 0.05) is 56.9 Å². The van der Waals surface area contributed by atoms with Gasteiger partial charge in [-0.15, -0.1) is 0 Å². The van der Waals surface area contributed by atoms with Gasteiger partial charge in [0.25, 0.3) is 11.6 Å². The van der Waals surface area contributed by atoms with Crippen LogP contribution in [0.5, 0.6) is 0 Å². The van der Waals surface area contributed by atoms with E-state index < -0.39 is 4.92 Å². The van der Waals surface area contributed by atoms with E-state index in [2.05, 4.69) is 10.2 Å². The SMILES string of the molecule is CCN(CC)C(=O)CN1CCN(c2ccc(C(=O)NC3CC3)cc2[N+](=O)[O-])CC1. The third-order valence-corrected chi connectivity index (χ3v) is 5.53. The molecule has 0 atom stereocenters. The Balaban J connectivity index is 1.64. The Morgan fingerprint density at radius 3 is 2.38 bits per heavy atom. The first-order valence-electron chi connectivity index (χ1n) is 10.3. The summed E-state index contributed by atoms with van der Waals surface area (Å²) in [6.07, 6.45) is 1.93. The molecule has 9 heteroatoms. The molecule has 1 aliphatic heterocycles. The number of piperazine rings is 1. The predicted octanol–water partition coefficient (Wildman–Crippen LogP) is 1.48. The van der Waals surface area contributed by atoms with Gasteiger partial charge in [-0.1, -0.05) is 0 Å². The summed E-state index contributed by atoms with van der Waals surface area (Å²) in [5, 5.41) is 14.5. The van der Waals surface area contributed by atoms with Gasteiger partial charge in [-0.2, -0.15) is 0 Å². The second-order valence-corrected chi connectivity index (χ2v) is 7.54. The van der Waals surface area contributed by atoms with Gasteiger partial charge in [0.05, 0.1) is 11.5 Å². The minimum atomic E-state index is -0.431. The van der Waals surface area contributed by atoms with Crippen LogP contribution in [0.25, 0.3) is 0 Å². The van der Waals surface area contributed by atoms with Crippen LogP contribution in [0.15, 0.2) is 18.2 Å². The van der Waals surface area contributed by atoms with Crippen LogP contribution in [-0.2, 0) is 4.79 Å². The Labute approximate surface area is 170 Å². The zero-order valence-corrected chi connectivity index (χ0v) is 17.1. The fourth-order valence-electron chi connectivity index (χ4n) is 3.59. The van der Waals surface area contributed by atoms with E-state index in [0.29, 0.717) is 57.1 Å². The number of benzene rings is 1. The van der Waals surface area contributed by atoms with Crippen LogP contribution in [0, 0.1) is 10.1 Å². The summed E-state index contributed by atoms with van der Waals surface area (Å²) in [4.78, 5) is 41.5. The average molecular weight is 403 g/mol. The molecular weight excluding hydrogens is 374 g/mol. The van der Waals surface area contributed by atoms with Gasteiger partial charge in [-0.25, -0.2) is 0 Å². The molecule has 3 rings (SSSR count). The molecule has 2 amide bonds. The van der Waals surface area contributed by atoms with E-state index in [-0.39, 0.29) is 23.5 Å². The zero-order valence-electron chi connectivity index (χ0n) is 17.1. The van der Waals surface area contributed by atoms with E-state index in [1.165, 1.54) is 6.07 Å². The first-order valence-corrected chi connectivity index (χ1v) is 10.3. The number of hydrogen-bond donors (Lipinski definition) is 1. The molecule has 1 N–H and O–H groups in total. The van der Waals surface area contributed by atoms with E-state index in [4.69, 9.17) is 0 Å². The first-order chi connectivity index (χ1) is 13.9. The van der Waals surface area contributed by atoms with E-state index in [0.717, 1.165) is 12.8 Å². The minimum absolute atomic E-state index is 0.0545. The van der Waals surface area contributed by atoms with Crippen molar-refractivity contribution in [1.29, 1.82) is 0 Å². The van der Waals surface area contributed by atoms with Crippen molar-refractivity contribution in [2.45, 2.75) is 32.7 Å². The Morgan fingerprint density at radius 2 is 1.83 bits per heavy atom. The highest BCUT2D eigenvalue weighted by Gasteiger charge is 2.28. The smallest absolute Gasteiger partial charge is 0.293 e. The van der Waals surface area contributed by atoms with E-state index in [1.807, 2.05) is 23.6 Å². The average Bonchev–Trinajstić information content (AvgIpc) is 3.53. The molecule has 29 heavy (non-hydrogen) atoms. The summed E-state index contributed by atoms with van der Waals surface area (Å²) < 4.78 is 0. The third-order valence-electron chi connectivity index (χ3n) is 5.53. The topological polar surface area (TPSA) is 99.0 Å². The molecule has 1 saturated carbocycles. The number of amides is 2. The molecule has 1 saturated heterocycles. The van der Waals surface area contributed by atoms with Crippen molar-refractivity contribution in [2.24, 2.45) is 0 Å². The Kier molecular flexibility index (Phi) is 6.68. The Morgan fingerprint density at radius 1 is 1.17 bits per heavy atom. The summed E-state index contributed by atoms with van der Waals surface area (Å²) in [5.41, 5.74) is 0.782. The summed E-state index contributed by atoms with van der Waals surface area (Å²) in [7, 11) is 0. The number of anilines is 1. The second-order valence-electron chi connectivity index (χ2n) is 7.54. The lowest BCUT2D eigenvalue weighted by molar-refractivity contribution is -0.384. The summed E-state index contributed by atoms with van der Waals surface area (Å²) >= 11 is 0. The number of likely N-dealkylation sites (N-methyl/N-ethyl adjacent to an activating group) is 1. The first kappa shape index (κ1) is 21.0. The summed E-state index contributed by atoms with van der Waals surface area (Å²) in [5.74, 6) is -0.151. The molecule has 2 fully saturated rings. The maximum absolute atomic E-state index is 12.3. The van der Waals surface area contributed by atoms with Crippen molar-refractivity contribution in [1.82, 2.24) is 15.1 Å². The molecule has 1 heterocycles. The van der Waals surface area contributed by atoms with Crippen LogP contribution >= 0.6 is 0 Å². The number of rotatable bonds is 8. The van der Waals surface area contributed by atoms with Gasteiger partial charge in [0.15, 0.2) is 0 Å².